The molecule has 1 aromatic carbocycles. The molecule has 0 aliphatic heterocycles. The van der Waals surface area contributed by atoms with Crippen molar-refractivity contribution in [3.8, 4) is 0 Å². The second kappa shape index (κ2) is 6.89. The molecular weight excluding hydrogens is 250 g/mol. The zero-order valence-corrected chi connectivity index (χ0v) is 12.3. The van der Waals surface area contributed by atoms with Crippen LogP contribution in [0.25, 0.3) is 0 Å². The van der Waals surface area contributed by atoms with Crippen LogP contribution in [0, 0.1) is 6.92 Å². The number of aliphatic carboxylic acids is 1. The molecule has 1 fully saturated rings. The van der Waals surface area contributed by atoms with E-state index in [1.54, 1.807) is 0 Å². The topological polar surface area (TPSA) is 49.3 Å². The first-order chi connectivity index (χ1) is 9.62. The molecule has 3 nitrogen and oxygen atoms in total. The van der Waals surface area contributed by atoms with Crippen molar-refractivity contribution in [1.29, 1.82) is 0 Å². The number of carbonyl (C=O) groups is 1. The lowest BCUT2D eigenvalue weighted by atomic mass is 9.87. The van der Waals surface area contributed by atoms with Gasteiger partial charge in [0.25, 0.3) is 0 Å². The first-order valence-corrected chi connectivity index (χ1v) is 7.66. The third kappa shape index (κ3) is 3.83. The van der Waals surface area contributed by atoms with Gasteiger partial charge in [0.1, 0.15) is 0 Å². The van der Waals surface area contributed by atoms with E-state index in [-0.39, 0.29) is 12.0 Å². The van der Waals surface area contributed by atoms with E-state index in [0.29, 0.717) is 0 Å². The van der Waals surface area contributed by atoms with Crippen LogP contribution in [0.4, 0.5) is 0 Å². The average Bonchev–Trinajstić information content (AvgIpc) is 2.88. The van der Waals surface area contributed by atoms with Crippen LogP contribution in [0.2, 0.25) is 0 Å². The Morgan fingerprint density at radius 1 is 1.30 bits per heavy atom. The molecular formula is C17H25NO2. The Morgan fingerprint density at radius 2 is 2.05 bits per heavy atom. The second-order valence-corrected chi connectivity index (χ2v) is 5.94. The molecule has 0 bridgehead atoms. The van der Waals surface area contributed by atoms with Gasteiger partial charge in [-0.3, -0.25) is 4.79 Å². The molecule has 0 atom stereocenters. The van der Waals surface area contributed by atoms with Crippen LogP contribution in [0.1, 0.15) is 56.1 Å². The molecule has 1 aromatic rings. The zero-order valence-electron chi connectivity index (χ0n) is 12.3. The van der Waals surface area contributed by atoms with Crippen LogP contribution in [-0.4, -0.2) is 17.6 Å². The Kier molecular flexibility index (Phi) is 5.18. The van der Waals surface area contributed by atoms with Gasteiger partial charge in [-0.15, -0.1) is 0 Å². The van der Waals surface area contributed by atoms with Gasteiger partial charge in [0.05, 0.1) is 0 Å². The van der Waals surface area contributed by atoms with Crippen molar-refractivity contribution < 1.29 is 9.90 Å². The lowest BCUT2D eigenvalue weighted by Crippen LogP contribution is -2.40. The summed E-state index contributed by atoms with van der Waals surface area (Å²) in [5, 5.41) is 12.4. The highest BCUT2D eigenvalue weighted by molar-refractivity contribution is 5.66. The summed E-state index contributed by atoms with van der Waals surface area (Å²) < 4.78 is 0. The fourth-order valence-electron chi connectivity index (χ4n) is 3.22. The standard InChI is InChI=1S/C17H25NO2/c1-14-7-6-8-15(13-14)17(10-3-4-11-17)18-12-5-2-9-16(19)20/h6-8,13,18H,2-5,9-12H2,1H3,(H,19,20). The Hall–Kier alpha value is -1.35. The second-order valence-electron chi connectivity index (χ2n) is 5.94. The summed E-state index contributed by atoms with van der Waals surface area (Å²) in [6.45, 7) is 3.04. The number of hydrogen-bond acceptors (Lipinski definition) is 2. The SMILES string of the molecule is Cc1cccc(C2(NCCCCC(=O)O)CCCC2)c1. The number of aryl methyl sites for hydroxylation is 1. The predicted octanol–water partition coefficient (Wildman–Crippen LogP) is 3.61. The van der Waals surface area contributed by atoms with Gasteiger partial charge >= 0.3 is 5.97 Å². The highest BCUT2D eigenvalue weighted by Crippen LogP contribution is 2.38. The first-order valence-electron chi connectivity index (χ1n) is 7.66. The Bertz CT molecular complexity index is 450. The molecule has 110 valence electrons. The van der Waals surface area contributed by atoms with Gasteiger partial charge < -0.3 is 10.4 Å². The number of rotatable bonds is 7. The third-order valence-corrected chi connectivity index (χ3v) is 4.31. The Labute approximate surface area is 121 Å². The van der Waals surface area contributed by atoms with Gasteiger partial charge in [0, 0.05) is 12.0 Å². The number of carboxylic acids is 1. The van der Waals surface area contributed by atoms with Gasteiger partial charge in [-0.2, -0.15) is 0 Å². The van der Waals surface area contributed by atoms with Gasteiger partial charge in [-0.1, -0.05) is 42.7 Å². The van der Waals surface area contributed by atoms with E-state index in [9.17, 15) is 4.79 Å². The maximum absolute atomic E-state index is 10.5. The fourth-order valence-corrected chi connectivity index (χ4v) is 3.22. The molecule has 0 aromatic heterocycles. The van der Waals surface area contributed by atoms with Gasteiger partial charge in [0.2, 0.25) is 0 Å². The van der Waals surface area contributed by atoms with E-state index in [0.717, 1.165) is 19.4 Å². The Morgan fingerprint density at radius 3 is 2.70 bits per heavy atom. The van der Waals surface area contributed by atoms with Crippen LogP contribution in [0.5, 0.6) is 0 Å². The number of benzene rings is 1. The third-order valence-electron chi connectivity index (χ3n) is 4.31. The van der Waals surface area contributed by atoms with Gasteiger partial charge in [0.15, 0.2) is 0 Å². The molecule has 2 rings (SSSR count). The van der Waals surface area contributed by atoms with Crippen molar-refractivity contribution in [2.75, 3.05) is 6.54 Å². The van der Waals surface area contributed by atoms with E-state index in [4.69, 9.17) is 5.11 Å². The predicted molar refractivity (Wildman–Crippen MR) is 80.8 cm³/mol. The molecule has 20 heavy (non-hydrogen) atoms. The molecule has 1 saturated carbocycles. The monoisotopic (exact) mass is 275 g/mol. The van der Waals surface area contributed by atoms with E-state index in [1.807, 2.05) is 0 Å². The molecule has 3 heteroatoms. The number of unbranched alkanes of at least 4 members (excludes halogenated alkanes) is 1. The van der Waals surface area contributed by atoms with E-state index in [1.165, 1.54) is 36.8 Å². The highest BCUT2D eigenvalue weighted by atomic mass is 16.4. The molecule has 0 saturated heterocycles. The molecule has 1 aliphatic carbocycles. The van der Waals surface area contributed by atoms with Crippen LogP contribution in [0.3, 0.4) is 0 Å². The summed E-state index contributed by atoms with van der Waals surface area (Å²) in [6.07, 6.45) is 6.89. The summed E-state index contributed by atoms with van der Waals surface area (Å²) >= 11 is 0. The lowest BCUT2D eigenvalue weighted by Gasteiger charge is -2.31. The van der Waals surface area contributed by atoms with Crippen molar-refractivity contribution in [3.63, 3.8) is 0 Å². The molecule has 1 aliphatic rings. The van der Waals surface area contributed by atoms with Gasteiger partial charge in [-0.05, 0) is 44.7 Å². The van der Waals surface area contributed by atoms with Crippen LogP contribution in [0.15, 0.2) is 24.3 Å². The average molecular weight is 275 g/mol. The highest BCUT2D eigenvalue weighted by Gasteiger charge is 2.34. The van der Waals surface area contributed by atoms with Crippen molar-refractivity contribution >= 4 is 5.97 Å². The van der Waals surface area contributed by atoms with E-state index < -0.39 is 5.97 Å². The van der Waals surface area contributed by atoms with Crippen LogP contribution in [-0.2, 0) is 10.3 Å². The fraction of sp³-hybridized carbons (Fsp3) is 0.588. The summed E-state index contributed by atoms with van der Waals surface area (Å²) in [4.78, 5) is 10.5. The molecule has 0 radical (unpaired) electrons. The van der Waals surface area contributed by atoms with Crippen LogP contribution >= 0.6 is 0 Å². The number of carboxylic acid groups (broad SMARTS) is 1. The molecule has 0 unspecified atom stereocenters. The largest absolute Gasteiger partial charge is 0.481 e. The smallest absolute Gasteiger partial charge is 0.303 e. The van der Waals surface area contributed by atoms with Crippen molar-refractivity contribution in [3.05, 3.63) is 35.4 Å². The summed E-state index contributed by atoms with van der Waals surface area (Å²) in [5.41, 5.74) is 2.82. The lowest BCUT2D eigenvalue weighted by molar-refractivity contribution is -0.137. The maximum atomic E-state index is 10.5. The van der Waals surface area contributed by atoms with Crippen LogP contribution < -0.4 is 5.32 Å². The molecule has 2 N–H and O–H groups in total. The van der Waals surface area contributed by atoms with Crippen molar-refractivity contribution in [2.45, 2.75) is 57.4 Å². The zero-order chi connectivity index (χ0) is 14.4. The van der Waals surface area contributed by atoms with Gasteiger partial charge in [-0.25, -0.2) is 0 Å². The summed E-state index contributed by atoms with van der Waals surface area (Å²) in [5.74, 6) is -0.695. The summed E-state index contributed by atoms with van der Waals surface area (Å²) in [6, 6.07) is 8.79. The first kappa shape index (κ1) is 15.0. The molecule has 0 amide bonds. The van der Waals surface area contributed by atoms with E-state index in [2.05, 4.69) is 36.5 Å². The Balaban J connectivity index is 1.94. The van der Waals surface area contributed by atoms with Crippen molar-refractivity contribution in [2.24, 2.45) is 0 Å². The minimum atomic E-state index is -0.695. The molecule has 0 spiro atoms. The van der Waals surface area contributed by atoms with E-state index >= 15 is 0 Å². The minimum absolute atomic E-state index is 0.120. The minimum Gasteiger partial charge on any atom is -0.481 e. The number of hydrogen-bond donors (Lipinski definition) is 2. The quantitative estimate of drug-likeness (QED) is 0.747. The summed E-state index contributed by atoms with van der Waals surface area (Å²) in [7, 11) is 0. The number of nitrogens with one attached hydrogen (secondary N) is 1. The maximum Gasteiger partial charge on any atom is 0.303 e. The van der Waals surface area contributed by atoms with Crippen molar-refractivity contribution in [1.82, 2.24) is 5.32 Å². The molecule has 0 heterocycles. The normalized spacial score (nSPS) is 17.2.